The van der Waals surface area contributed by atoms with E-state index >= 15 is 0 Å². The molecule has 3 rings (SSSR count). The van der Waals surface area contributed by atoms with Crippen LogP contribution in [0.3, 0.4) is 0 Å². The minimum absolute atomic E-state index is 0.0371. The third-order valence-corrected chi connectivity index (χ3v) is 4.82. The van der Waals surface area contributed by atoms with Gasteiger partial charge in [-0.15, -0.1) is 0 Å². The zero-order valence-corrected chi connectivity index (χ0v) is 13.8. The third-order valence-electron chi connectivity index (χ3n) is 4.02. The van der Waals surface area contributed by atoms with Crippen LogP contribution in [0.2, 0.25) is 0 Å². The summed E-state index contributed by atoms with van der Waals surface area (Å²) in [5, 5.41) is 2.36. The van der Waals surface area contributed by atoms with E-state index in [1.54, 1.807) is 0 Å². The lowest BCUT2D eigenvalue weighted by molar-refractivity contribution is 0.143. The molecule has 2 aromatic rings. The standard InChI is InChI=1S/C17H18NO5P/c19-17(18-9-10-24(20,21)22)23-11-16-14-7-3-1-5-12(14)13-6-2-4-8-15(13)16/h1-8,16H,9-11H2,(H,18,19)(H2,20,21,22). The third kappa shape index (κ3) is 3.67. The van der Waals surface area contributed by atoms with Crippen LogP contribution in [0.15, 0.2) is 48.5 Å². The summed E-state index contributed by atoms with van der Waals surface area (Å²) in [5.74, 6) is -0.0371. The molecule has 1 amide bonds. The van der Waals surface area contributed by atoms with Gasteiger partial charge in [0.25, 0.3) is 0 Å². The molecule has 1 aliphatic rings. The smallest absolute Gasteiger partial charge is 0.407 e. The highest BCUT2D eigenvalue weighted by Gasteiger charge is 2.28. The summed E-state index contributed by atoms with van der Waals surface area (Å²) in [4.78, 5) is 29.3. The van der Waals surface area contributed by atoms with Crippen LogP contribution in [0.4, 0.5) is 4.79 Å². The molecule has 0 atom stereocenters. The lowest BCUT2D eigenvalue weighted by atomic mass is 9.98. The van der Waals surface area contributed by atoms with Gasteiger partial charge in [-0.3, -0.25) is 4.57 Å². The van der Waals surface area contributed by atoms with Crippen molar-refractivity contribution in [1.29, 1.82) is 0 Å². The first-order valence-corrected chi connectivity index (χ1v) is 9.39. The minimum atomic E-state index is -4.12. The number of hydrogen-bond acceptors (Lipinski definition) is 3. The number of rotatable bonds is 5. The molecule has 24 heavy (non-hydrogen) atoms. The number of carbonyl (C=O) groups is 1. The molecule has 6 nitrogen and oxygen atoms in total. The van der Waals surface area contributed by atoms with Crippen LogP contribution < -0.4 is 5.32 Å². The molecule has 0 aromatic heterocycles. The van der Waals surface area contributed by atoms with Crippen molar-refractivity contribution in [2.75, 3.05) is 19.3 Å². The Balaban J connectivity index is 1.65. The van der Waals surface area contributed by atoms with Crippen molar-refractivity contribution in [1.82, 2.24) is 5.32 Å². The Labute approximate surface area is 139 Å². The molecule has 0 spiro atoms. The van der Waals surface area contributed by atoms with Gasteiger partial charge in [0.1, 0.15) is 6.61 Å². The number of nitrogens with one attached hydrogen (secondary N) is 1. The van der Waals surface area contributed by atoms with Crippen molar-refractivity contribution in [2.45, 2.75) is 5.92 Å². The zero-order chi connectivity index (χ0) is 17.2. The topological polar surface area (TPSA) is 95.9 Å². The Bertz CT molecular complexity index is 756. The van der Waals surface area contributed by atoms with Crippen LogP contribution >= 0.6 is 7.60 Å². The van der Waals surface area contributed by atoms with Crippen LogP contribution in [0, 0.1) is 0 Å². The molecule has 0 saturated heterocycles. The lowest BCUT2D eigenvalue weighted by Crippen LogP contribution is -2.28. The second-order valence-corrected chi connectivity index (χ2v) is 7.42. The molecule has 0 radical (unpaired) electrons. The molecule has 0 bridgehead atoms. The Morgan fingerprint density at radius 2 is 1.58 bits per heavy atom. The molecule has 2 aromatic carbocycles. The maximum Gasteiger partial charge on any atom is 0.407 e. The molecule has 0 unspecified atom stereocenters. The zero-order valence-electron chi connectivity index (χ0n) is 12.9. The van der Waals surface area contributed by atoms with Crippen LogP contribution in [0.1, 0.15) is 17.0 Å². The molecule has 0 aliphatic heterocycles. The van der Waals surface area contributed by atoms with Gasteiger partial charge < -0.3 is 19.8 Å². The normalized spacial score (nSPS) is 13.2. The average Bonchev–Trinajstić information content (AvgIpc) is 2.86. The van der Waals surface area contributed by atoms with E-state index in [2.05, 4.69) is 5.32 Å². The number of hydrogen-bond donors (Lipinski definition) is 3. The van der Waals surface area contributed by atoms with E-state index in [0.717, 1.165) is 22.3 Å². The maximum atomic E-state index is 11.7. The van der Waals surface area contributed by atoms with Crippen molar-refractivity contribution in [3.05, 3.63) is 59.7 Å². The van der Waals surface area contributed by atoms with Gasteiger partial charge >= 0.3 is 13.7 Å². The summed E-state index contributed by atoms with van der Waals surface area (Å²) < 4.78 is 16.0. The number of fused-ring (bicyclic) bond motifs is 3. The quantitative estimate of drug-likeness (QED) is 0.723. The van der Waals surface area contributed by atoms with E-state index in [9.17, 15) is 9.36 Å². The van der Waals surface area contributed by atoms with Gasteiger partial charge in [-0.1, -0.05) is 48.5 Å². The number of ether oxygens (including phenoxy) is 1. The molecule has 0 saturated carbocycles. The SMILES string of the molecule is O=C(NCCP(=O)(O)O)OCC1c2ccccc2-c2ccccc21. The maximum absolute atomic E-state index is 11.7. The van der Waals surface area contributed by atoms with E-state index in [0.29, 0.717) is 0 Å². The Morgan fingerprint density at radius 3 is 2.12 bits per heavy atom. The van der Waals surface area contributed by atoms with Gasteiger partial charge in [-0.05, 0) is 22.3 Å². The first-order chi connectivity index (χ1) is 11.5. The molecule has 0 fully saturated rings. The highest BCUT2D eigenvalue weighted by atomic mass is 31.2. The van der Waals surface area contributed by atoms with Crippen molar-refractivity contribution in [2.24, 2.45) is 0 Å². The van der Waals surface area contributed by atoms with Gasteiger partial charge in [0, 0.05) is 12.5 Å². The summed E-state index contributed by atoms with van der Waals surface area (Å²) in [5.41, 5.74) is 4.51. The number of benzene rings is 2. The van der Waals surface area contributed by atoms with Crippen molar-refractivity contribution in [3.8, 4) is 11.1 Å². The predicted octanol–water partition coefficient (Wildman–Crippen LogP) is 2.70. The minimum Gasteiger partial charge on any atom is -0.449 e. The van der Waals surface area contributed by atoms with Gasteiger partial charge in [0.05, 0.1) is 6.16 Å². The van der Waals surface area contributed by atoms with E-state index < -0.39 is 19.9 Å². The Kier molecular flexibility index (Phi) is 4.71. The number of carbonyl (C=O) groups excluding carboxylic acids is 1. The van der Waals surface area contributed by atoms with Gasteiger partial charge in [0.15, 0.2) is 0 Å². The van der Waals surface area contributed by atoms with Crippen molar-refractivity contribution in [3.63, 3.8) is 0 Å². The fourth-order valence-electron chi connectivity index (χ4n) is 2.95. The molecular weight excluding hydrogens is 329 g/mol. The van der Waals surface area contributed by atoms with E-state index in [1.165, 1.54) is 0 Å². The summed E-state index contributed by atoms with van der Waals surface area (Å²) in [6.07, 6.45) is -1.08. The van der Waals surface area contributed by atoms with Crippen LogP contribution in [-0.4, -0.2) is 35.2 Å². The second kappa shape index (κ2) is 6.77. The van der Waals surface area contributed by atoms with Crippen molar-refractivity contribution >= 4 is 13.7 Å². The highest BCUT2D eigenvalue weighted by Crippen LogP contribution is 2.44. The predicted molar refractivity (Wildman–Crippen MR) is 90.0 cm³/mol. The first-order valence-electron chi connectivity index (χ1n) is 7.59. The summed E-state index contributed by atoms with van der Waals surface area (Å²) >= 11 is 0. The Hall–Kier alpha value is -2.14. The van der Waals surface area contributed by atoms with Gasteiger partial charge in [-0.2, -0.15) is 0 Å². The van der Waals surface area contributed by atoms with Crippen LogP contribution in [0.5, 0.6) is 0 Å². The summed E-state index contributed by atoms with van der Waals surface area (Å²) in [6.45, 7) is 0.0523. The number of alkyl carbamates (subject to hydrolysis) is 1. The lowest BCUT2D eigenvalue weighted by Gasteiger charge is -2.14. The summed E-state index contributed by atoms with van der Waals surface area (Å²) in [7, 11) is -4.12. The second-order valence-electron chi connectivity index (χ2n) is 5.64. The molecule has 7 heteroatoms. The Morgan fingerprint density at radius 1 is 1.04 bits per heavy atom. The average molecular weight is 347 g/mol. The highest BCUT2D eigenvalue weighted by molar-refractivity contribution is 7.51. The molecule has 0 heterocycles. The van der Waals surface area contributed by atoms with E-state index in [-0.39, 0.29) is 19.1 Å². The molecule has 1 aliphatic carbocycles. The van der Waals surface area contributed by atoms with E-state index in [1.807, 2.05) is 48.5 Å². The van der Waals surface area contributed by atoms with E-state index in [4.69, 9.17) is 14.5 Å². The fourth-order valence-corrected chi connectivity index (χ4v) is 3.36. The molecular formula is C17H18NO5P. The number of amides is 1. The molecule has 3 N–H and O–H groups in total. The monoisotopic (exact) mass is 347 g/mol. The van der Waals surface area contributed by atoms with Crippen molar-refractivity contribution < 1.29 is 23.9 Å². The van der Waals surface area contributed by atoms with Gasteiger partial charge in [0.2, 0.25) is 0 Å². The molecule has 126 valence electrons. The van der Waals surface area contributed by atoms with Crippen LogP contribution in [0.25, 0.3) is 11.1 Å². The van der Waals surface area contributed by atoms with Crippen LogP contribution in [-0.2, 0) is 9.30 Å². The first kappa shape index (κ1) is 16.7. The fraction of sp³-hybridized carbons (Fsp3) is 0.235. The van der Waals surface area contributed by atoms with Gasteiger partial charge in [-0.25, -0.2) is 4.79 Å². The largest absolute Gasteiger partial charge is 0.449 e. The summed E-state index contributed by atoms with van der Waals surface area (Å²) in [6, 6.07) is 16.0.